The Kier molecular flexibility index (Phi) is 5.89. The zero-order valence-electron chi connectivity index (χ0n) is 13.9. The molecular weight excluding hydrogens is 316 g/mol. The molecule has 0 aliphatic rings. The van der Waals surface area contributed by atoms with Gasteiger partial charge in [-0.3, -0.25) is 9.48 Å². The summed E-state index contributed by atoms with van der Waals surface area (Å²) in [7, 11) is 1.55. The standard InChI is InChI=1S/C17H21F2N3O2/c1-11(2)9-22-10-14(15(21-22)16(18)19)17(23)20-8-12-5-4-6-13(7-12)24-3/h4-7,10-11,16H,8-9H2,1-3H3,(H,20,23). The summed E-state index contributed by atoms with van der Waals surface area (Å²) in [5.41, 5.74) is 0.239. The zero-order chi connectivity index (χ0) is 17.7. The van der Waals surface area contributed by atoms with Gasteiger partial charge < -0.3 is 10.1 Å². The van der Waals surface area contributed by atoms with Crippen molar-refractivity contribution in [2.24, 2.45) is 5.92 Å². The largest absolute Gasteiger partial charge is 0.497 e. The SMILES string of the molecule is COc1cccc(CNC(=O)c2cn(CC(C)C)nc2C(F)F)c1. The van der Waals surface area contributed by atoms with Crippen LogP contribution in [0.25, 0.3) is 0 Å². The molecule has 1 heterocycles. The van der Waals surface area contributed by atoms with Crippen LogP contribution in [0.15, 0.2) is 30.5 Å². The van der Waals surface area contributed by atoms with Crippen molar-refractivity contribution < 1.29 is 18.3 Å². The summed E-state index contributed by atoms with van der Waals surface area (Å²) in [4.78, 5) is 12.3. The molecule has 24 heavy (non-hydrogen) atoms. The van der Waals surface area contributed by atoms with E-state index in [1.165, 1.54) is 10.9 Å². The Morgan fingerprint density at radius 3 is 2.75 bits per heavy atom. The van der Waals surface area contributed by atoms with Gasteiger partial charge in [-0.15, -0.1) is 0 Å². The van der Waals surface area contributed by atoms with Crippen LogP contribution in [0.5, 0.6) is 5.75 Å². The maximum Gasteiger partial charge on any atom is 0.282 e. The van der Waals surface area contributed by atoms with Crippen LogP contribution >= 0.6 is 0 Å². The number of ether oxygens (including phenoxy) is 1. The Hall–Kier alpha value is -2.44. The van der Waals surface area contributed by atoms with Gasteiger partial charge in [-0.2, -0.15) is 5.10 Å². The van der Waals surface area contributed by atoms with Gasteiger partial charge in [-0.1, -0.05) is 26.0 Å². The highest BCUT2D eigenvalue weighted by Crippen LogP contribution is 2.22. The first-order valence-corrected chi connectivity index (χ1v) is 7.67. The van der Waals surface area contributed by atoms with E-state index in [2.05, 4.69) is 10.4 Å². The van der Waals surface area contributed by atoms with Crippen molar-refractivity contribution in [2.45, 2.75) is 33.4 Å². The third-order valence-electron chi connectivity index (χ3n) is 3.38. The second-order valence-electron chi connectivity index (χ2n) is 5.88. The van der Waals surface area contributed by atoms with E-state index < -0.39 is 18.0 Å². The monoisotopic (exact) mass is 337 g/mol. The summed E-state index contributed by atoms with van der Waals surface area (Å²) >= 11 is 0. The number of hydrogen-bond donors (Lipinski definition) is 1. The number of alkyl halides is 2. The minimum atomic E-state index is -2.80. The molecule has 0 saturated carbocycles. The van der Waals surface area contributed by atoms with Crippen LogP contribution in [0.2, 0.25) is 0 Å². The van der Waals surface area contributed by atoms with Crippen molar-refractivity contribution in [1.82, 2.24) is 15.1 Å². The minimum Gasteiger partial charge on any atom is -0.497 e. The Morgan fingerprint density at radius 1 is 1.38 bits per heavy atom. The van der Waals surface area contributed by atoms with E-state index in [4.69, 9.17) is 4.74 Å². The number of benzene rings is 1. The molecule has 0 aliphatic carbocycles. The smallest absolute Gasteiger partial charge is 0.282 e. The van der Waals surface area contributed by atoms with Crippen molar-refractivity contribution >= 4 is 5.91 Å². The highest BCUT2D eigenvalue weighted by Gasteiger charge is 2.23. The fraction of sp³-hybridized carbons (Fsp3) is 0.412. The first-order chi connectivity index (χ1) is 11.4. The molecule has 130 valence electrons. The fourth-order valence-electron chi connectivity index (χ4n) is 2.30. The molecule has 0 atom stereocenters. The van der Waals surface area contributed by atoms with Gasteiger partial charge in [0.05, 0.1) is 12.7 Å². The van der Waals surface area contributed by atoms with E-state index in [-0.39, 0.29) is 18.0 Å². The topological polar surface area (TPSA) is 56.1 Å². The van der Waals surface area contributed by atoms with Gasteiger partial charge in [0.25, 0.3) is 12.3 Å². The Bertz CT molecular complexity index is 699. The molecule has 2 aromatic rings. The number of methoxy groups -OCH3 is 1. The summed E-state index contributed by atoms with van der Waals surface area (Å²) in [6.07, 6.45) is -1.42. The molecule has 1 N–H and O–H groups in total. The maximum atomic E-state index is 13.1. The lowest BCUT2D eigenvalue weighted by Gasteiger charge is -2.07. The van der Waals surface area contributed by atoms with Gasteiger partial charge in [0.2, 0.25) is 0 Å². The lowest BCUT2D eigenvalue weighted by molar-refractivity contribution is 0.0936. The van der Waals surface area contributed by atoms with Crippen molar-refractivity contribution in [2.75, 3.05) is 7.11 Å². The average molecular weight is 337 g/mol. The predicted molar refractivity (Wildman–Crippen MR) is 86.2 cm³/mol. The highest BCUT2D eigenvalue weighted by molar-refractivity contribution is 5.95. The zero-order valence-corrected chi connectivity index (χ0v) is 13.9. The molecule has 0 fully saturated rings. The van der Waals surface area contributed by atoms with Gasteiger partial charge in [-0.05, 0) is 23.6 Å². The van der Waals surface area contributed by atoms with Gasteiger partial charge in [0, 0.05) is 19.3 Å². The summed E-state index contributed by atoms with van der Waals surface area (Å²) in [6, 6.07) is 7.18. The normalized spacial score (nSPS) is 11.1. The minimum absolute atomic E-state index is 0.0893. The third kappa shape index (κ3) is 4.53. The number of carbonyl (C=O) groups excluding carboxylic acids is 1. The molecule has 1 amide bonds. The molecule has 7 heteroatoms. The molecule has 1 aromatic heterocycles. The second-order valence-corrected chi connectivity index (χ2v) is 5.88. The number of halogens is 2. The first-order valence-electron chi connectivity index (χ1n) is 7.67. The average Bonchev–Trinajstić information content (AvgIpc) is 2.96. The summed E-state index contributed by atoms with van der Waals surface area (Å²) in [5, 5.41) is 6.49. The first kappa shape index (κ1) is 17.9. The molecule has 2 rings (SSSR count). The summed E-state index contributed by atoms with van der Waals surface area (Å²) in [5.74, 6) is 0.339. The van der Waals surface area contributed by atoms with E-state index in [0.29, 0.717) is 12.3 Å². The molecule has 0 bridgehead atoms. The van der Waals surface area contributed by atoms with Crippen LogP contribution in [-0.2, 0) is 13.1 Å². The van der Waals surface area contributed by atoms with Crippen LogP contribution in [0.3, 0.4) is 0 Å². The van der Waals surface area contributed by atoms with Gasteiger partial charge in [-0.25, -0.2) is 8.78 Å². The number of carbonyl (C=O) groups is 1. The van der Waals surface area contributed by atoms with E-state index >= 15 is 0 Å². The lowest BCUT2D eigenvalue weighted by Crippen LogP contribution is -2.23. The van der Waals surface area contributed by atoms with Crippen molar-refractivity contribution in [3.63, 3.8) is 0 Å². The molecule has 0 aliphatic heterocycles. The molecule has 5 nitrogen and oxygen atoms in total. The Labute approximate surface area is 139 Å². The Balaban J connectivity index is 2.11. The van der Waals surface area contributed by atoms with Crippen molar-refractivity contribution in [3.05, 3.63) is 47.3 Å². The van der Waals surface area contributed by atoms with Crippen LogP contribution in [0, 0.1) is 5.92 Å². The quantitative estimate of drug-likeness (QED) is 0.842. The molecule has 0 unspecified atom stereocenters. The highest BCUT2D eigenvalue weighted by atomic mass is 19.3. The molecular formula is C17H21F2N3O2. The molecule has 0 spiro atoms. The number of aromatic nitrogens is 2. The van der Waals surface area contributed by atoms with Crippen LogP contribution in [-0.4, -0.2) is 22.8 Å². The third-order valence-corrected chi connectivity index (χ3v) is 3.38. The number of amides is 1. The van der Waals surface area contributed by atoms with E-state index in [9.17, 15) is 13.6 Å². The summed E-state index contributed by atoms with van der Waals surface area (Å²) in [6.45, 7) is 4.59. The fourth-order valence-corrected chi connectivity index (χ4v) is 2.30. The number of hydrogen-bond acceptors (Lipinski definition) is 3. The second kappa shape index (κ2) is 7.90. The van der Waals surface area contributed by atoms with E-state index in [1.54, 1.807) is 25.3 Å². The van der Waals surface area contributed by atoms with E-state index in [1.807, 2.05) is 19.9 Å². The van der Waals surface area contributed by atoms with E-state index in [0.717, 1.165) is 5.56 Å². The number of nitrogens with one attached hydrogen (secondary N) is 1. The van der Waals surface area contributed by atoms with Crippen LogP contribution in [0.1, 0.15) is 41.9 Å². The maximum absolute atomic E-state index is 13.1. The van der Waals surface area contributed by atoms with Gasteiger partial charge in [0.1, 0.15) is 11.4 Å². The number of nitrogens with zero attached hydrogens (tertiary/aromatic N) is 2. The predicted octanol–water partition coefficient (Wildman–Crippen LogP) is 3.42. The lowest BCUT2D eigenvalue weighted by atomic mass is 10.2. The van der Waals surface area contributed by atoms with Gasteiger partial charge >= 0.3 is 0 Å². The van der Waals surface area contributed by atoms with Crippen LogP contribution in [0.4, 0.5) is 8.78 Å². The molecule has 0 saturated heterocycles. The van der Waals surface area contributed by atoms with Gasteiger partial charge in [0.15, 0.2) is 0 Å². The van der Waals surface area contributed by atoms with Crippen molar-refractivity contribution in [1.29, 1.82) is 0 Å². The van der Waals surface area contributed by atoms with Crippen molar-refractivity contribution in [3.8, 4) is 5.75 Å². The molecule has 1 aromatic carbocycles. The number of rotatable bonds is 7. The summed E-state index contributed by atoms with van der Waals surface area (Å²) < 4.78 is 32.8. The Morgan fingerprint density at radius 2 is 2.12 bits per heavy atom. The molecule has 0 radical (unpaired) electrons. The van der Waals surface area contributed by atoms with Crippen LogP contribution < -0.4 is 10.1 Å².